The van der Waals surface area contributed by atoms with Crippen LogP contribution < -0.4 is 10.6 Å². The van der Waals surface area contributed by atoms with Gasteiger partial charge in [0.15, 0.2) is 0 Å². The number of aryl methyl sites for hydroxylation is 1. The largest absolute Gasteiger partial charge is 0.324 e. The van der Waals surface area contributed by atoms with Gasteiger partial charge in [-0.05, 0) is 31.4 Å². The molecule has 2 heterocycles. The number of thiophene rings is 1. The van der Waals surface area contributed by atoms with Crippen LogP contribution >= 0.6 is 11.3 Å². The Balaban J connectivity index is 1.86. The maximum absolute atomic E-state index is 12.1. The first-order chi connectivity index (χ1) is 9.15. The van der Waals surface area contributed by atoms with Gasteiger partial charge in [0.25, 0.3) is 0 Å². The second-order valence-corrected chi connectivity index (χ2v) is 5.90. The average Bonchev–Trinajstić information content (AvgIpc) is 2.99. The van der Waals surface area contributed by atoms with Gasteiger partial charge in [-0.15, -0.1) is 11.3 Å². The number of amides is 1. The van der Waals surface area contributed by atoms with Gasteiger partial charge in [0.05, 0.1) is 0 Å². The summed E-state index contributed by atoms with van der Waals surface area (Å²) in [5.41, 5.74) is 3.14. The van der Waals surface area contributed by atoms with Crippen LogP contribution in [0.1, 0.15) is 35.0 Å². The SMILES string of the molecule is Cc1ccc2c(c1)C(NC(C)c1cccs1)C(=O)N2. The fourth-order valence-electron chi connectivity index (χ4n) is 2.42. The lowest BCUT2D eigenvalue weighted by Crippen LogP contribution is -2.29. The molecule has 0 saturated heterocycles. The van der Waals surface area contributed by atoms with Crippen LogP contribution in [0.2, 0.25) is 0 Å². The van der Waals surface area contributed by atoms with Gasteiger partial charge in [0, 0.05) is 22.2 Å². The Kier molecular flexibility index (Phi) is 3.12. The molecule has 1 amide bonds. The smallest absolute Gasteiger partial charge is 0.246 e. The first-order valence-corrected chi connectivity index (χ1v) is 7.24. The summed E-state index contributed by atoms with van der Waals surface area (Å²) in [7, 11) is 0. The minimum atomic E-state index is -0.257. The van der Waals surface area contributed by atoms with E-state index in [1.165, 1.54) is 10.4 Å². The fraction of sp³-hybridized carbons (Fsp3) is 0.267. The molecule has 1 aromatic heterocycles. The molecular weight excluding hydrogens is 256 g/mol. The van der Waals surface area contributed by atoms with E-state index in [9.17, 15) is 4.79 Å². The van der Waals surface area contributed by atoms with E-state index >= 15 is 0 Å². The van der Waals surface area contributed by atoms with Crippen molar-refractivity contribution in [1.29, 1.82) is 0 Å². The second kappa shape index (κ2) is 4.79. The number of nitrogens with one attached hydrogen (secondary N) is 2. The molecule has 0 radical (unpaired) electrons. The van der Waals surface area contributed by atoms with Gasteiger partial charge in [0.2, 0.25) is 5.91 Å². The minimum absolute atomic E-state index is 0.0315. The monoisotopic (exact) mass is 272 g/mol. The molecule has 0 fully saturated rings. The van der Waals surface area contributed by atoms with Crippen molar-refractivity contribution < 1.29 is 4.79 Å². The number of carbonyl (C=O) groups excluding carboxylic acids is 1. The molecule has 98 valence electrons. The molecule has 2 atom stereocenters. The molecule has 4 heteroatoms. The van der Waals surface area contributed by atoms with E-state index < -0.39 is 0 Å². The van der Waals surface area contributed by atoms with Crippen LogP contribution in [-0.2, 0) is 4.79 Å². The van der Waals surface area contributed by atoms with Crippen molar-refractivity contribution in [1.82, 2.24) is 5.32 Å². The predicted octanol–water partition coefficient (Wildman–Crippen LogP) is 3.40. The normalized spacial score (nSPS) is 19.1. The molecular formula is C15H16N2OS. The van der Waals surface area contributed by atoms with Crippen LogP contribution in [0.25, 0.3) is 0 Å². The number of fused-ring (bicyclic) bond motifs is 1. The van der Waals surface area contributed by atoms with Crippen LogP contribution in [-0.4, -0.2) is 5.91 Å². The standard InChI is InChI=1S/C15H16N2OS/c1-9-5-6-12-11(8-9)14(15(18)17-12)16-10(2)13-4-3-7-19-13/h3-8,10,14,16H,1-2H3,(H,17,18). The Morgan fingerprint density at radius 2 is 2.21 bits per heavy atom. The molecule has 2 unspecified atom stereocenters. The number of rotatable bonds is 3. The van der Waals surface area contributed by atoms with Gasteiger partial charge in [-0.2, -0.15) is 0 Å². The molecule has 1 aromatic carbocycles. The van der Waals surface area contributed by atoms with Crippen LogP contribution in [0.4, 0.5) is 5.69 Å². The fourth-order valence-corrected chi connectivity index (χ4v) is 3.16. The maximum Gasteiger partial charge on any atom is 0.246 e. The molecule has 1 aliphatic rings. The first-order valence-electron chi connectivity index (χ1n) is 6.36. The molecule has 0 spiro atoms. The Hall–Kier alpha value is -1.65. The van der Waals surface area contributed by atoms with Crippen LogP contribution in [0.5, 0.6) is 0 Å². The summed E-state index contributed by atoms with van der Waals surface area (Å²) in [4.78, 5) is 13.3. The molecule has 3 rings (SSSR count). The van der Waals surface area contributed by atoms with Gasteiger partial charge >= 0.3 is 0 Å². The zero-order chi connectivity index (χ0) is 13.4. The van der Waals surface area contributed by atoms with Crippen molar-refractivity contribution in [3.05, 3.63) is 51.7 Å². The van der Waals surface area contributed by atoms with E-state index in [4.69, 9.17) is 0 Å². The summed E-state index contributed by atoms with van der Waals surface area (Å²) in [6.07, 6.45) is 0. The van der Waals surface area contributed by atoms with Crippen LogP contribution in [0.15, 0.2) is 35.7 Å². The highest BCUT2D eigenvalue weighted by atomic mass is 32.1. The Labute approximate surface area is 116 Å². The molecule has 0 bridgehead atoms. The van der Waals surface area contributed by atoms with Gasteiger partial charge < -0.3 is 5.32 Å². The third-order valence-corrected chi connectivity index (χ3v) is 4.48. The number of hydrogen-bond donors (Lipinski definition) is 2. The second-order valence-electron chi connectivity index (χ2n) is 4.92. The zero-order valence-electron chi connectivity index (χ0n) is 10.9. The third-order valence-electron chi connectivity index (χ3n) is 3.42. The maximum atomic E-state index is 12.1. The van der Waals surface area contributed by atoms with Gasteiger partial charge in [-0.3, -0.25) is 10.1 Å². The van der Waals surface area contributed by atoms with Crippen molar-refractivity contribution in [3.63, 3.8) is 0 Å². The zero-order valence-corrected chi connectivity index (χ0v) is 11.8. The highest BCUT2D eigenvalue weighted by Gasteiger charge is 2.31. The summed E-state index contributed by atoms with van der Waals surface area (Å²) in [6, 6.07) is 10.1. The minimum Gasteiger partial charge on any atom is -0.324 e. The number of carbonyl (C=O) groups is 1. The van der Waals surface area contributed by atoms with E-state index in [1.807, 2.05) is 25.1 Å². The number of benzene rings is 1. The third kappa shape index (κ3) is 2.29. The summed E-state index contributed by atoms with van der Waals surface area (Å²) in [5.74, 6) is 0.0315. The van der Waals surface area contributed by atoms with Crippen LogP contribution in [0.3, 0.4) is 0 Å². The lowest BCUT2D eigenvalue weighted by molar-refractivity contribution is -0.117. The number of anilines is 1. The molecule has 0 aliphatic carbocycles. The molecule has 2 aromatic rings. The van der Waals surface area contributed by atoms with Gasteiger partial charge in [-0.1, -0.05) is 23.8 Å². The van der Waals surface area contributed by atoms with E-state index in [0.29, 0.717) is 0 Å². The summed E-state index contributed by atoms with van der Waals surface area (Å²) in [6.45, 7) is 4.13. The molecule has 19 heavy (non-hydrogen) atoms. The Bertz CT molecular complexity index is 607. The van der Waals surface area contributed by atoms with Crippen LogP contribution in [0, 0.1) is 6.92 Å². The van der Waals surface area contributed by atoms with E-state index in [-0.39, 0.29) is 18.0 Å². The summed E-state index contributed by atoms with van der Waals surface area (Å²) >= 11 is 1.71. The van der Waals surface area contributed by atoms with Crippen molar-refractivity contribution in [2.24, 2.45) is 0 Å². The summed E-state index contributed by atoms with van der Waals surface area (Å²) in [5, 5.41) is 8.40. The molecule has 2 N–H and O–H groups in total. The highest BCUT2D eigenvalue weighted by molar-refractivity contribution is 7.10. The summed E-state index contributed by atoms with van der Waals surface area (Å²) < 4.78 is 0. The predicted molar refractivity (Wildman–Crippen MR) is 78.4 cm³/mol. The Morgan fingerprint density at radius 3 is 2.95 bits per heavy atom. The molecule has 1 aliphatic heterocycles. The lowest BCUT2D eigenvalue weighted by atomic mass is 10.0. The van der Waals surface area contributed by atoms with Crippen molar-refractivity contribution in [3.8, 4) is 0 Å². The van der Waals surface area contributed by atoms with Crippen molar-refractivity contribution in [2.45, 2.75) is 25.9 Å². The highest BCUT2D eigenvalue weighted by Crippen LogP contribution is 2.33. The van der Waals surface area contributed by atoms with Gasteiger partial charge in [0.1, 0.15) is 6.04 Å². The van der Waals surface area contributed by atoms with E-state index in [2.05, 4.69) is 35.1 Å². The first kappa shape index (κ1) is 12.4. The van der Waals surface area contributed by atoms with E-state index in [1.54, 1.807) is 11.3 Å². The quantitative estimate of drug-likeness (QED) is 0.899. The topological polar surface area (TPSA) is 41.1 Å². The van der Waals surface area contributed by atoms with Crippen molar-refractivity contribution >= 4 is 22.9 Å². The number of hydrogen-bond acceptors (Lipinski definition) is 3. The average molecular weight is 272 g/mol. The van der Waals surface area contributed by atoms with E-state index in [0.717, 1.165) is 11.3 Å². The molecule has 0 saturated carbocycles. The molecule has 3 nitrogen and oxygen atoms in total. The Morgan fingerprint density at radius 1 is 1.37 bits per heavy atom. The van der Waals surface area contributed by atoms with Crippen molar-refractivity contribution in [2.75, 3.05) is 5.32 Å². The lowest BCUT2D eigenvalue weighted by Gasteiger charge is -2.17. The van der Waals surface area contributed by atoms with Gasteiger partial charge in [-0.25, -0.2) is 0 Å².